The van der Waals surface area contributed by atoms with Crippen molar-refractivity contribution in [1.29, 1.82) is 0 Å². The van der Waals surface area contributed by atoms with Crippen LogP contribution in [0.5, 0.6) is 0 Å². The number of halogens is 1. The summed E-state index contributed by atoms with van der Waals surface area (Å²) < 4.78 is 12.8. The van der Waals surface area contributed by atoms with E-state index in [4.69, 9.17) is 0 Å². The fourth-order valence-corrected chi connectivity index (χ4v) is 2.79. The van der Waals surface area contributed by atoms with Gasteiger partial charge in [-0.15, -0.1) is 0 Å². The molecule has 2 nitrogen and oxygen atoms in total. The lowest BCUT2D eigenvalue weighted by Crippen LogP contribution is -2.46. The van der Waals surface area contributed by atoms with Crippen LogP contribution in [0.3, 0.4) is 0 Å². The van der Waals surface area contributed by atoms with Gasteiger partial charge >= 0.3 is 0 Å². The van der Waals surface area contributed by atoms with Crippen molar-refractivity contribution in [2.45, 2.75) is 63.6 Å². The first-order chi connectivity index (χ1) is 9.15. The molecule has 0 radical (unpaired) electrons. The van der Waals surface area contributed by atoms with E-state index in [1.165, 1.54) is 24.1 Å². The van der Waals surface area contributed by atoms with Crippen LogP contribution in [0.2, 0.25) is 0 Å². The minimum Gasteiger partial charge on any atom is -0.392 e. The highest BCUT2D eigenvalue weighted by Gasteiger charge is 2.23. The highest BCUT2D eigenvalue weighted by Crippen LogP contribution is 2.19. The lowest BCUT2D eigenvalue weighted by molar-refractivity contribution is 0.0854. The molecule has 3 heteroatoms. The highest BCUT2D eigenvalue weighted by molar-refractivity contribution is 5.16. The third-order valence-electron chi connectivity index (χ3n) is 4.01. The second-order valence-electron chi connectivity index (χ2n) is 5.69. The second kappa shape index (κ2) is 7.01. The summed E-state index contributed by atoms with van der Waals surface area (Å²) in [4.78, 5) is 0. The number of hydrogen-bond acceptors (Lipinski definition) is 2. The van der Waals surface area contributed by atoms with Crippen molar-refractivity contribution in [2.24, 2.45) is 0 Å². The summed E-state index contributed by atoms with van der Waals surface area (Å²) in [6.07, 6.45) is 6.10. The molecular weight excluding hydrogens is 241 g/mol. The first-order valence-corrected chi connectivity index (χ1v) is 7.33. The standard InChI is InChI=1S/C16H24FNO/c1-12(18-15-4-2-3-5-16(15)19)6-7-13-8-10-14(17)11-9-13/h8-12,15-16,18-19H,2-7H2,1H3. The molecule has 3 unspecified atom stereocenters. The molecule has 2 rings (SSSR count). The number of hydrogen-bond donors (Lipinski definition) is 2. The predicted octanol–water partition coefficient (Wildman–Crippen LogP) is 3.04. The van der Waals surface area contributed by atoms with Gasteiger partial charge in [-0.25, -0.2) is 4.39 Å². The summed E-state index contributed by atoms with van der Waals surface area (Å²) in [5, 5.41) is 13.5. The molecule has 2 N–H and O–H groups in total. The van der Waals surface area contributed by atoms with E-state index in [1.54, 1.807) is 0 Å². The molecule has 3 atom stereocenters. The molecule has 19 heavy (non-hydrogen) atoms. The van der Waals surface area contributed by atoms with Gasteiger partial charge in [-0.3, -0.25) is 0 Å². The summed E-state index contributed by atoms with van der Waals surface area (Å²) in [5.41, 5.74) is 1.17. The molecule has 0 bridgehead atoms. The zero-order valence-electron chi connectivity index (χ0n) is 11.6. The second-order valence-corrected chi connectivity index (χ2v) is 5.69. The van der Waals surface area contributed by atoms with Crippen LogP contribution in [0.4, 0.5) is 4.39 Å². The molecule has 0 aliphatic heterocycles. The van der Waals surface area contributed by atoms with Gasteiger partial charge < -0.3 is 10.4 Å². The Morgan fingerprint density at radius 2 is 1.95 bits per heavy atom. The van der Waals surface area contributed by atoms with Crippen LogP contribution in [0, 0.1) is 5.82 Å². The number of nitrogens with one attached hydrogen (secondary N) is 1. The molecule has 0 spiro atoms. The van der Waals surface area contributed by atoms with Crippen molar-refractivity contribution in [3.63, 3.8) is 0 Å². The Kier molecular flexibility index (Phi) is 5.34. The van der Waals surface area contributed by atoms with Crippen LogP contribution < -0.4 is 5.32 Å². The Morgan fingerprint density at radius 3 is 2.63 bits per heavy atom. The molecule has 106 valence electrons. The van der Waals surface area contributed by atoms with Crippen molar-refractivity contribution in [1.82, 2.24) is 5.32 Å². The van der Waals surface area contributed by atoms with Gasteiger partial charge in [0.15, 0.2) is 0 Å². The SMILES string of the molecule is CC(CCc1ccc(F)cc1)NC1CCCCC1O. The van der Waals surface area contributed by atoms with E-state index in [1.807, 2.05) is 12.1 Å². The molecule has 0 heterocycles. The van der Waals surface area contributed by atoms with Gasteiger partial charge in [0, 0.05) is 12.1 Å². The van der Waals surface area contributed by atoms with Crippen molar-refractivity contribution < 1.29 is 9.50 Å². The fraction of sp³-hybridized carbons (Fsp3) is 0.625. The quantitative estimate of drug-likeness (QED) is 0.857. The average molecular weight is 265 g/mol. The van der Waals surface area contributed by atoms with Crippen molar-refractivity contribution >= 4 is 0 Å². The van der Waals surface area contributed by atoms with Crippen molar-refractivity contribution in [3.05, 3.63) is 35.6 Å². The maximum atomic E-state index is 12.8. The van der Waals surface area contributed by atoms with Gasteiger partial charge in [0.2, 0.25) is 0 Å². The zero-order chi connectivity index (χ0) is 13.7. The first kappa shape index (κ1) is 14.5. The Hall–Kier alpha value is -0.930. The predicted molar refractivity (Wildman–Crippen MR) is 75.6 cm³/mol. The van der Waals surface area contributed by atoms with Crippen molar-refractivity contribution in [3.8, 4) is 0 Å². The van der Waals surface area contributed by atoms with Gasteiger partial charge in [0.05, 0.1) is 6.10 Å². The smallest absolute Gasteiger partial charge is 0.123 e. The summed E-state index contributed by atoms with van der Waals surface area (Å²) >= 11 is 0. The van der Waals surface area contributed by atoms with E-state index in [0.717, 1.165) is 32.1 Å². The Balaban J connectivity index is 1.74. The van der Waals surface area contributed by atoms with Crippen LogP contribution in [0.15, 0.2) is 24.3 Å². The van der Waals surface area contributed by atoms with Crippen LogP contribution in [0.25, 0.3) is 0 Å². The molecule has 1 aliphatic rings. The molecule has 1 aliphatic carbocycles. The molecule has 1 saturated carbocycles. The van der Waals surface area contributed by atoms with Crippen LogP contribution in [-0.2, 0) is 6.42 Å². The topological polar surface area (TPSA) is 32.3 Å². The molecule has 1 fully saturated rings. The molecule has 0 amide bonds. The largest absolute Gasteiger partial charge is 0.392 e. The van der Waals surface area contributed by atoms with Gasteiger partial charge in [-0.2, -0.15) is 0 Å². The first-order valence-electron chi connectivity index (χ1n) is 7.33. The monoisotopic (exact) mass is 265 g/mol. The van der Waals surface area contributed by atoms with E-state index in [0.29, 0.717) is 6.04 Å². The number of aryl methyl sites for hydroxylation is 1. The van der Waals surface area contributed by atoms with Gasteiger partial charge in [0.1, 0.15) is 5.82 Å². The minimum absolute atomic E-state index is 0.180. The van der Waals surface area contributed by atoms with E-state index in [-0.39, 0.29) is 18.0 Å². The fourth-order valence-electron chi connectivity index (χ4n) is 2.79. The lowest BCUT2D eigenvalue weighted by atomic mass is 9.91. The summed E-state index contributed by atoms with van der Waals surface area (Å²) in [6, 6.07) is 7.34. The molecular formula is C16H24FNO. The summed E-state index contributed by atoms with van der Waals surface area (Å²) in [5.74, 6) is -0.180. The van der Waals surface area contributed by atoms with Gasteiger partial charge in [-0.1, -0.05) is 25.0 Å². The number of aliphatic hydroxyl groups excluding tert-OH is 1. The van der Waals surface area contributed by atoms with Crippen LogP contribution in [0.1, 0.15) is 44.6 Å². The third-order valence-corrected chi connectivity index (χ3v) is 4.01. The maximum absolute atomic E-state index is 12.8. The molecule has 0 aromatic heterocycles. The average Bonchev–Trinajstić information content (AvgIpc) is 2.41. The Labute approximate surface area is 115 Å². The van der Waals surface area contributed by atoms with E-state index < -0.39 is 0 Å². The normalized spacial score (nSPS) is 25.2. The number of rotatable bonds is 5. The Bertz CT molecular complexity index is 379. The van der Waals surface area contributed by atoms with Gasteiger partial charge in [-0.05, 0) is 50.3 Å². The van der Waals surface area contributed by atoms with Crippen LogP contribution in [-0.4, -0.2) is 23.3 Å². The van der Waals surface area contributed by atoms with Gasteiger partial charge in [0.25, 0.3) is 0 Å². The van der Waals surface area contributed by atoms with E-state index in [9.17, 15) is 9.50 Å². The van der Waals surface area contributed by atoms with Crippen LogP contribution >= 0.6 is 0 Å². The number of benzene rings is 1. The van der Waals surface area contributed by atoms with E-state index >= 15 is 0 Å². The minimum atomic E-state index is -0.193. The summed E-state index contributed by atoms with van der Waals surface area (Å²) in [7, 11) is 0. The molecule has 0 saturated heterocycles. The lowest BCUT2D eigenvalue weighted by Gasteiger charge is -2.31. The third kappa shape index (κ3) is 4.59. The Morgan fingerprint density at radius 1 is 1.26 bits per heavy atom. The highest BCUT2D eigenvalue weighted by atomic mass is 19.1. The molecule has 1 aromatic rings. The summed E-state index contributed by atoms with van der Waals surface area (Å²) in [6.45, 7) is 2.16. The zero-order valence-corrected chi connectivity index (χ0v) is 11.6. The molecule has 1 aromatic carbocycles. The maximum Gasteiger partial charge on any atom is 0.123 e. The number of aliphatic hydroxyl groups is 1. The van der Waals surface area contributed by atoms with E-state index in [2.05, 4.69) is 12.2 Å². The van der Waals surface area contributed by atoms with Crippen molar-refractivity contribution in [2.75, 3.05) is 0 Å².